The van der Waals surface area contributed by atoms with Crippen LogP contribution >= 0.6 is 0 Å². The number of rotatable bonds is 2. The van der Waals surface area contributed by atoms with Gasteiger partial charge in [-0.2, -0.15) is 0 Å². The first kappa shape index (κ1) is 12.2. The second-order valence-corrected chi connectivity index (χ2v) is 5.12. The van der Waals surface area contributed by atoms with Gasteiger partial charge in [0.2, 0.25) is 0 Å². The zero-order chi connectivity index (χ0) is 10.2. The molecule has 3 heteroatoms. The molecule has 1 rings (SSSR count). The van der Waals surface area contributed by atoms with Gasteiger partial charge in [-0.15, -0.1) is 0 Å². The Labute approximate surface area is 80.5 Å². The summed E-state index contributed by atoms with van der Waals surface area (Å²) < 4.78 is 20.7. The zero-order valence-corrected chi connectivity index (χ0v) is 8.92. The molecule has 1 aromatic rings. The van der Waals surface area contributed by atoms with Crippen molar-refractivity contribution in [3.8, 4) is 0 Å². The lowest BCUT2D eigenvalue weighted by Gasteiger charge is -1.89. The van der Waals surface area contributed by atoms with Crippen molar-refractivity contribution in [1.29, 1.82) is 0 Å². The highest BCUT2D eigenvalue weighted by molar-refractivity contribution is 7.91. The maximum absolute atomic E-state index is 10.4. The lowest BCUT2D eigenvalue weighted by molar-refractivity contribution is 0.598. The molecule has 0 unspecified atom stereocenters. The van der Waals surface area contributed by atoms with Crippen LogP contribution in [0.3, 0.4) is 0 Å². The fraction of sp³-hybridized carbons (Fsp3) is 0.400. The summed E-state index contributed by atoms with van der Waals surface area (Å²) in [5, 5.41) is 0. The molecule has 1 aromatic carbocycles. The smallest absolute Gasteiger partial charge is 0.149 e. The highest BCUT2D eigenvalue weighted by atomic mass is 32.2. The first-order valence-corrected chi connectivity index (χ1v) is 6.15. The zero-order valence-electron chi connectivity index (χ0n) is 8.10. The van der Waals surface area contributed by atoms with Crippen LogP contribution in [0, 0.1) is 0 Å². The number of sulfone groups is 1. The Bertz CT molecular complexity index is 253. The topological polar surface area (TPSA) is 34.1 Å². The molecule has 0 aromatic heterocycles. The summed E-state index contributed by atoms with van der Waals surface area (Å²) in [5.74, 6) is 0.535. The molecule has 0 spiro atoms. The Kier molecular flexibility index (Phi) is 6.24. The molecule has 0 N–H and O–H groups in total. The Morgan fingerprint density at radius 1 is 0.769 bits per heavy atom. The van der Waals surface area contributed by atoms with E-state index in [1.165, 1.54) is 0 Å². The minimum absolute atomic E-state index is 0.267. The molecule has 74 valence electrons. The van der Waals surface area contributed by atoms with Gasteiger partial charge in [0, 0.05) is 11.5 Å². The van der Waals surface area contributed by atoms with E-state index in [2.05, 4.69) is 0 Å². The fourth-order valence-corrected chi connectivity index (χ4v) is 0.997. The van der Waals surface area contributed by atoms with Gasteiger partial charge >= 0.3 is 0 Å². The van der Waals surface area contributed by atoms with Crippen LogP contribution in [-0.2, 0) is 9.84 Å². The second kappa shape index (κ2) is 6.66. The van der Waals surface area contributed by atoms with Crippen LogP contribution in [0.5, 0.6) is 0 Å². The molecular formula is C10H16O2S. The molecule has 0 fully saturated rings. The molecule has 0 aliphatic rings. The van der Waals surface area contributed by atoms with E-state index >= 15 is 0 Å². The molecule has 2 nitrogen and oxygen atoms in total. The summed E-state index contributed by atoms with van der Waals surface area (Å²) in [7, 11) is -2.66. The van der Waals surface area contributed by atoms with Crippen LogP contribution in [0.2, 0.25) is 0 Å². The van der Waals surface area contributed by atoms with Gasteiger partial charge in [0.15, 0.2) is 0 Å². The molecular weight excluding hydrogens is 184 g/mol. The van der Waals surface area contributed by atoms with E-state index in [-0.39, 0.29) is 11.5 Å². The van der Waals surface area contributed by atoms with E-state index < -0.39 is 9.84 Å². The third-order valence-electron chi connectivity index (χ3n) is 1.55. The van der Waals surface area contributed by atoms with E-state index in [0.717, 1.165) is 0 Å². The molecule has 0 heterocycles. The highest BCUT2D eigenvalue weighted by Gasteiger charge is 1.99. The third-order valence-corrected chi connectivity index (χ3v) is 3.31. The highest BCUT2D eigenvalue weighted by Crippen LogP contribution is 1.84. The van der Waals surface area contributed by atoms with E-state index in [4.69, 9.17) is 0 Å². The first-order valence-electron chi connectivity index (χ1n) is 4.32. The van der Waals surface area contributed by atoms with Gasteiger partial charge in [0.05, 0.1) is 0 Å². The van der Waals surface area contributed by atoms with Gasteiger partial charge in [-0.3, -0.25) is 0 Å². The number of hydrogen-bond donors (Lipinski definition) is 0. The van der Waals surface area contributed by atoms with Crippen molar-refractivity contribution in [3.63, 3.8) is 0 Å². The van der Waals surface area contributed by atoms with Gasteiger partial charge in [0.25, 0.3) is 0 Å². The monoisotopic (exact) mass is 200 g/mol. The molecule has 0 bridgehead atoms. The second-order valence-electron chi connectivity index (χ2n) is 2.48. The molecule has 0 amide bonds. The maximum atomic E-state index is 10.4. The van der Waals surface area contributed by atoms with Crippen molar-refractivity contribution < 1.29 is 8.42 Å². The number of hydrogen-bond acceptors (Lipinski definition) is 2. The van der Waals surface area contributed by atoms with Crippen molar-refractivity contribution in [2.24, 2.45) is 0 Å². The van der Waals surface area contributed by atoms with Crippen LogP contribution in [0.25, 0.3) is 0 Å². The van der Waals surface area contributed by atoms with Gasteiger partial charge in [-0.25, -0.2) is 8.42 Å². The van der Waals surface area contributed by atoms with Crippen molar-refractivity contribution >= 4 is 9.84 Å². The molecule has 0 aliphatic heterocycles. The van der Waals surface area contributed by atoms with Crippen molar-refractivity contribution in [1.82, 2.24) is 0 Å². The SMILES string of the molecule is CCS(=O)(=O)CC.c1ccccc1. The molecule has 0 saturated carbocycles. The Morgan fingerprint density at radius 3 is 1.08 bits per heavy atom. The minimum Gasteiger partial charge on any atom is -0.229 e. The molecule has 0 radical (unpaired) electrons. The van der Waals surface area contributed by atoms with Gasteiger partial charge < -0.3 is 0 Å². The summed E-state index contributed by atoms with van der Waals surface area (Å²) in [4.78, 5) is 0. The molecule has 13 heavy (non-hydrogen) atoms. The summed E-state index contributed by atoms with van der Waals surface area (Å²) in [6.45, 7) is 3.30. The normalized spacial score (nSPS) is 10.0. The largest absolute Gasteiger partial charge is 0.229 e. The summed E-state index contributed by atoms with van der Waals surface area (Å²) >= 11 is 0. The Morgan fingerprint density at radius 2 is 1.00 bits per heavy atom. The summed E-state index contributed by atoms with van der Waals surface area (Å²) in [6.07, 6.45) is 0. The average Bonchev–Trinajstić information content (AvgIpc) is 2.21. The van der Waals surface area contributed by atoms with Gasteiger partial charge in [0.1, 0.15) is 9.84 Å². The van der Waals surface area contributed by atoms with Crippen molar-refractivity contribution in [2.45, 2.75) is 13.8 Å². The van der Waals surface area contributed by atoms with E-state index in [9.17, 15) is 8.42 Å². The van der Waals surface area contributed by atoms with E-state index in [1.54, 1.807) is 13.8 Å². The lowest BCUT2D eigenvalue weighted by atomic mass is 10.4. The summed E-state index contributed by atoms with van der Waals surface area (Å²) in [6, 6.07) is 12.0. The maximum Gasteiger partial charge on any atom is 0.149 e. The van der Waals surface area contributed by atoms with Gasteiger partial charge in [-0.05, 0) is 0 Å². The predicted octanol–water partition coefficient (Wildman–Crippen LogP) is 2.13. The molecule has 0 atom stereocenters. The van der Waals surface area contributed by atoms with Crippen LogP contribution in [0.4, 0.5) is 0 Å². The van der Waals surface area contributed by atoms with Crippen LogP contribution in [0.1, 0.15) is 13.8 Å². The fourth-order valence-electron chi connectivity index (χ4n) is 0.589. The Balaban J connectivity index is 0.000000223. The van der Waals surface area contributed by atoms with E-state index in [0.29, 0.717) is 0 Å². The van der Waals surface area contributed by atoms with Crippen molar-refractivity contribution in [2.75, 3.05) is 11.5 Å². The Hall–Kier alpha value is -0.830. The molecule has 0 aliphatic carbocycles. The molecule has 0 saturated heterocycles. The predicted molar refractivity (Wildman–Crippen MR) is 56.4 cm³/mol. The lowest BCUT2D eigenvalue weighted by Crippen LogP contribution is -2.04. The van der Waals surface area contributed by atoms with Gasteiger partial charge in [-0.1, -0.05) is 50.2 Å². The quantitative estimate of drug-likeness (QED) is 0.733. The standard InChI is InChI=1S/C6H6.C4H10O2S/c1-2-4-6-5-3-1;1-3-7(5,6)4-2/h1-6H;3-4H2,1-2H3. The van der Waals surface area contributed by atoms with Crippen LogP contribution < -0.4 is 0 Å². The van der Waals surface area contributed by atoms with E-state index in [1.807, 2.05) is 36.4 Å². The first-order chi connectivity index (χ1) is 6.12. The van der Waals surface area contributed by atoms with Crippen molar-refractivity contribution in [3.05, 3.63) is 36.4 Å². The average molecular weight is 200 g/mol. The van der Waals surface area contributed by atoms with Crippen LogP contribution in [0.15, 0.2) is 36.4 Å². The third kappa shape index (κ3) is 7.53. The number of benzene rings is 1. The van der Waals surface area contributed by atoms with Crippen LogP contribution in [-0.4, -0.2) is 19.9 Å². The summed E-state index contributed by atoms with van der Waals surface area (Å²) in [5.41, 5.74) is 0. The minimum atomic E-state index is -2.66.